The van der Waals surface area contributed by atoms with E-state index in [1.807, 2.05) is 22.9 Å². The zero-order valence-corrected chi connectivity index (χ0v) is 24.8. The van der Waals surface area contributed by atoms with Crippen LogP contribution in [-0.2, 0) is 5.41 Å². The van der Waals surface area contributed by atoms with E-state index in [0.717, 1.165) is 27.5 Å². The first-order valence-electron chi connectivity index (χ1n) is 15.6. The van der Waals surface area contributed by atoms with E-state index in [1.165, 1.54) is 50.1 Å². The van der Waals surface area contributed by atoms with Crippen molar-refractivity contribution in [2.75, 3.05) is 0 Å². The van der Waals surface area contributed by atoms with E-state index in [-0.39, 0.29) is 0 Å². The Bertz CT molecular complexity index is 2490. The number of hydrogen-bond acceptors (Lipinski definition) is 3. The van der Waals surface area contributed by atoms with Gasteiger partial charge < -0.3 is 0 Å². The minimum atomic E-state index is -0.417. The Kier molecular flexibility index (Phi) is 5.17. The van der Waals surface area contributed by atoms with Gasteiger partial charge in [-0.2, -0.15) is 0 Å². The van der Waals surface area contributed by atoms with Crippen LogP contribution in [-0.4, -0.2) is 19.5 Å². The van der Waals surface area contributed by atoms with Crippen LogP contribution in [0.3, 0.4) is 0 Å². The summed E-state index contributed by atoms with van der Waals surface area (Å²) in [5.74, 6) is 0.617. The molecule has 46 heavy (non-hydrogen) atoms. The molecule has 3 heterocycles. The Labute approximate surface area is 266 Å². The topological polar surface area (TPSA) is 43.6 Å². The second-order valence-electron chi connectivity index (χ2n) is 12.1. The Morgan fingerprint density at radius 1 is 0.457 bits per heavy atom. The maximum atomic E-state index is 4.74. The van der Waals surface area contributed by atoms with E-state index >= 15 is 0 Å². The highest BCUT2D eigenvalue weighted by Gasteiger charge is 2.48. The maximum absolute atomic E-state index is 4.74. The zero-order valence-electron chi connectivity index (χ0n) is 24.8. The molecule has 0 fully saturated rings. The van der Waals surface area contributed by atoms with Crippen LogP contribution in [0.15, 0.2) is 146 Å². The van der Waals surface area contributed by atoms with E-state index in [0.29, 0.717) is 5.95 Å². The summed E-state index contributed by atoms with van der Waals surface area (Å²) in [5, 5.41) is 2.21. The predicted molar refractivity (Wildman–Crippen MR) is 186 cm³/mol. The molecular weight excluding hydrogens is 560 g/mol. The van der Waals surface area contributed by atoms with Gasteiger partial charge in [0, 0.05) is 29.4 Å². The number of pyridine rings is 1. The fourth-order valence-electron chi connectivity index (χ4n) is 7.97. The summed E-state index contributed by atoms with van der Waals surface area (Å²) in [7, 11) is 0. The third-order valence-corrected chi connectivity index (χ3v) is 9.83. The molecule has 4 nitrogen and oxygen atoms in total. The first kappa shape index (κ1) is 25.2. The molecule has 0 unspecified atom stereocenters. The molecule has 0 radical (unpaired) electrons. The van der Waals surface area contributed by atoms with Gasteiger partial charge in [-0.05, 0) is 92.0 Å². The van der Waals surface area contributed by atoms with Gasteiger partial charge in [0.2, 0.25) is 5.95 Å². The molecule has 5 aromatic carbocycles. The molecule has 3 aromatic heterocycles. The summed E-state index contributed by atoms with van der Waals surface area (Å²) in [4.78, 5) is 13.8. The SMILES string of the molecule is C1=Cc2ccccc2C2(c3ccccc31)c1ccccc1-c1cc(-c3ccc4c(c3)c3cccnc3n4-c3ncccn3)ccc12. The molecule has 0 saturated carbocycles. The van der Waals surface area contributed by atoms with Gasteiger partial charge in [-0.25, -0.2) is 15.0 Å². The van der Waals surface area contributed by atoms with Crippen molar-refractivity contribution in [3.63, 3.8) is 0 Å². The van der Waals surface area contributed by atoms with Gasteiger partial charge >= 0.3 is 0 Å². The van der Waals surface area contributed by atoms with E-state index < -0.39 is 5.41 Å². The van der Waals surface area contributed by atoms with Crippen molar-refractivity contribution in [2.24, 2.45) is 0 Å². The molecule has 214 valence electrons. The number of aromatic nitrogens is 4. The van der Waals surface area contributed by atoms with Crippen molar-refractivity contribution >= 4 is 34.1 Å². The highest BCUT2D eigenvalue weighted by molar-refractivity contribution is 6.09. The van der Waals surface area contributed by atoms with E-state index in [4.69, 9.17) is 4.98 Å². The lowest BCUT2D eigenvalue weighted by atomic mass is 9.66. The first-order chi connectivity index (χ1) is 22.8. The van der Waals surface area contributed by atoms with Crippen LogP contribution in [0.25, 0.3) is 62.3 Å². The van der Waals surface area contributed by atoms with Gasteiger partial charge in [-0.1, -0.05) is 103 Å². The molecule has 10 rings (SSSR count). The Hall–Kier alpha value is -6.13. The molecule has 1 spiro atoms. The number of nitrogens with zero attached hydrogens (tertiary/aromatic N) is 4. The highest BCUT2D eigenvalue weighted by atomic mass is 15.2. The van der Waals surface area contributed by atoms with Crippen LogP contribution >= 0.6 is 0 Å². The molecule has 2 aliphatic rings. The molecule has 4 heteroatoms. The van der Waals surface area contributed by atoms with Crippen molar-refractivity contribution in [3.05, 3.63) is 179 Å². The smallest absolute Gasteiger partial charge is 0.235 e. The predicted octanol–water partition coefficient (Wildman–Crippen LogP) is 9.48. The molecule has 0 saturated heterocycles. The summed E-state index contributed by atoms with van der Waals surface area (Å²) < 4.78 is 2.05. The average molecular weight is 587 g/mol. The van der Waals surface area contributed by atoms with Gasteiger partial charge in [0.15, 0.2) is 0 Å². The summed E-state index contributed by atoms with van der Waals surface area (Å²) in [6, 6.07) is 46.4. The summed E-state index contributed by atoms with van der Waals surface area (Å²) >= 11 is 0. The van der Waals surface area contributed by atoms with Gasteiger partial charge in [0.1, 0.15) is 5.65 Å². The number of benzene rings is 5. The van der Waals surface area contributed by atoms with Crippen LogP contribution in [0.1, 0.15) is 33.4 Å². The zero-order chi connectivity index (χ0) is 30.2. The quantitative estimate of drug-likeness (QED) is 0.203. The van der Waals surface area contributed by atoms with E-state index in [9.17, 15) is 0 Å². The fraction of sp³-hybridized carbons (Fsp3) is 0.0238. The normalized spacial score (nSPS) is 13.7. The largest absolute Gasteiger partial charge is 0.262 e. The second kappa shape index (κ2) is 9.43. The molecule has 8 aromatic rings. The molecule has 0 atom stereocenters. The fourth-order valence-corrected chi connectivity index (χ4v) is 7.97. The lowest BCUT2D eigenvalue weighted by Crippen LogP contribution is -2.29. The van der Waals surface area contributed by atoms with Gasteiger partial charge in [0.05, 0.1) is 10.9 Å². The third-order valence-electron chi connectivity index (χ3n) is 9.83. The van der Waals surface area contributed by atoms with Crippen LogP contribution < -0.4 is 0 Å². The van der Waals surface area contributed by atoms with Gasteiger partial charge in [-0.15, -0.1) is 0 Å². The van der Waals surface area contributed by atoms with Crippen molar-refractivity contribution in [2.45, 2.75) is 5.41 Å². The molecular formula is C42H26N4. The Morgan fingerprint density at radius 3 is 1.87 bits per heavy atom. The van der Waals surface area contributed by atoms with Crippen molar-refractivity contribution < 1.29 is 0 Å². The molecule has 0 amide bonds. The van der Waals surface area contributed by atoms with E-state index in [1.54, 1.807) is 12.4 Å². The Balaban J connectivity index is 1.22. The summed E-state index contributed by atoms with van der Waals surface area (Å²) in [6.45, 7) is 0. The molecule has 0 bridgehead atoms. The van der Waals surface area contributed by atoms with E-state index in [2.05, 4.69) is 137 Å². The maximum Gasteiger partial charge on any atom is 0.235 e. The third kappa shape index (κ3) is 3.30. The average Bonchev–Trinajstić information content (AvgIpc) is 3.55. The van der Waals surface area contributed by atoms with Crippen molar-refractivity contribution in [1.82, 2.24) is 19.5 Å². The minimum Gasteiger partial charge on any atom is -0.262 e. The minimum absolute atomic E-state index is 0.417. The lowest BCUT2D eigenvalue weighted by molar-refractivity contribution is 0.766. The van der Waals surface area contributed by atoms with Crippen molar-refractivity contribution in [1.29, 1.82) is 0 Å². The number of hydrogen-bond donors (Lipinski definition) is 0. The second-order valence-corrected chi connectivity index (χ2v) is 12.1. The summed E-state index contributed by atoms with van der Waals surface area (Å²) in [6.07, 6.45) is 9.92. The van der Waals surface area contributed by atoms with Crippen LogP contribution in [0.4, 0.5) is 0 Å². The summed E-state index contributed by atoms with van der Waals surface area (Å²) in [5.41, 5.74) is 14.2. The van der Waals surface area contributed by atoms with Crippen molar-refractivity contribution in [3.8, 4) is 28.2 Å². The van der Waals surface area contributed by atoms with Crippen LogP contribution in [0, 0.1) is 0 Å². The first-order valence-corrected chi connectivity index (χ1v) is 15.6. The molecule has 0 aliphatic heterocycles. The highest BCUT2D eigenvalue weighted by Crippen LogP contribution is 2.58. The Morgan fingerprint density at radius 2 is 1.09 bits per heavy atom. The number of fused-ring (bicyclic) bond motifs is 12. The van der Waals surface area contributed by atoms with Crippen LogP contribution in [0.5, 0.6) is 0 Å². The number of rotatable bonds is 2. The molecule has 2 aliphatic carbocycles. The monoisotopic (exact) mass is 586 g/mol. The lowest BCUT2D eigenvalue weighted by Gasteiger charge is -2.35. The standard InChI is InChI=1S/C42H26N4/c1-4-13-35-27(9-1)16-17-28-10-2-5-14-36(28)42(35)37-15-6-3-11-31(37)33-25-29(18-20-38(33)42)30-19-21-39-34(26-30)32-12-7-22-43-40(32)46(39)41-44-23-8-24-45-41/h1-26H. The van der Waals surface area contributed by atoms with Gasteiger partial charge in [-0.3, -0.25) is 4.57 Å². The van der Waals surface area contributed by atoms with Crippen LogP contribution in [0.2, 0.25) is 0 Å². The molecule has 0 N–H and O–H groups in total. The van der Waals surface area contributed by atoms with Gasteiger partial charge in [0.25, 0.3) is 0 Å².